The molecule has 0 radical (unpaired) electrons. The fraction of sp³-hybridized carbons (Fsp3) is 0.464. The number of carbonyl (C=O) groups excluding carboxylic acids is 2. The number of anilines is 1. The van der Waals surface area contributed by atoms with Crippen LogP contribution in [0.3, 0.4) is 0 Å². The minimum Gasteiger partial charge on any atom is -0.465 e. The second-order valence-electron chi connectivity index (χ2n) is 9.32. The molecule has 1 aromatic heterocycles. The van der Waals surface area contributed by atoms with Crippen molar-refractivity contribution in [2.45, 2.75) is 44.3 Å². The number of rotatable bonds is 11. The summed E-state index contributed by atoms with van der Waals surface area (Å²) in [5.74, 6) is -4.45. The summed E-state index contributed by atoms with van der Waals surface area (Å²) in [5.41, 5.74) is -1.62. The number of carbonyl (C=O) groups is 2. The van der Waals surface area contributed by atoms with E-state index in [9.17, 15) is 22.8 Å². The molecule has 1 saturated carbocycles. The van der Waals surface area contributed by atoms with Gasteiger partial charge in [-0.2, -0.15) is 13.2 Å². The monoisotopic (exact) mass is 568 g/mol. The lowest BCUT2D eigenvalue weighted by Crippen LogP contribution is -2.49. The van der Waals surface area contributed by atoms with Gasteiger partial charge in [0.05, 0.1) is 37.6 Å². The van der Waals surface area contributed by atoms with Crippen LogP contribution in [-0.4, -0.2) is 57.4 Å². The van der Waals surface area contributed by atoms with Gasteiger partial charge in [-0.25, -0.2) is 14.2 Å². The molecule has 2 aromatic rings. The Balaban J connectivity index is 2.16. The number of hydrogen-bond donors (Lipinski definition) is 0. The summed E-state index contributed by atoms with van der Waals surface area (Å²) in [4.78, 5) is 31.7. The molecule has 1 aliphatic rings. The zero-order chi connectivity index (χ0) is 29.4. The molecule has 1 aromatic carbocycles. The third kappa shape index (κ3) is 7.16. The molecule has 0 saturated heterocycles. The lowest BCUT2D eigenvalue weighted by molar-refractivity contribution is -0.139. The van der Waals surface area contributed by atoms with Crippen molar-refractivity contribution in [1.29, 1.82) is 0 Å². The molecule has 1 amide bonds. The smallest absolute Gasteiger partial charge is 0.421 e. The Hall–Kier alpha value is -3.51. The van der Waals surface area contributed by atoms with Crippen molar-refractivity contribution in [3.63, 3.8) is 0 Å². The van der Waals surface area contributed by atoms with Gasteiger partial charge in [0.25, 0.3) is 0 Å². The Kier molecular flexibility index (Phi) is 10.6. The van der Waals surface area contributed by atoms with Crippen molar-refractivity contribution >= 4 is 23.6 Å². The highest BCUT2D eigenvalue weighted by atomic mass is 19.4. The van der Waals surface area contributed by atoms with Crippen molar-refractivity contribution in [2.24, 2.45) is 5.92 Å². The molecule has 12 heteroatoms. The number of hydrogen-bond acceptors (Lipinski definition) is 7. The summed E-state index contributed by atoms with van der Waals surface area (Å²) in [5, 5.41) is 0. The fourth-order valence-electron chi connectivity index (χ4n) is 4.69. The summed E-state index contributed by atoms with van der Waals surface area (Å²) in [7, 11) is 3.93. The van der Waals surface area contributed by atoms with Gasteiger partial charge in [-0.15, -0.1) is 0 Å². The molecule has 0 unspecified atom stereocenters. The van der Waals surface area contributed by atoms with Gasteiger partial charge >= 0.3 is 12.1 Å². The van der Waals surface area contributed by atoms with Gasteiger partial charge in [0.2, 0.25) is 11.8 Å². The van der Waals surface area contributed by atoms with Crippen LogP contribution < -0.4 is 9.64 Å². The van der Waals surface area contributed by atoms with E-state index in [0.29, 0.717) is 12.8 Å². The minimum absolute atomic E-state index is 0.00129. The Morgan fingerprint density at radius 3 is 2.30 bits per heavy atom. The average molecular weight is 569 g/mol. The molecule has 40 heavy (non-hydrogen) atoms. The predicted molar refractivity (Wildman–Crippen MR) is 139 cm³/mol. The Labute approximate surface area is 229 Å². The number of esters is 1. The largest absolute Gasteiger partial charge is 0.465 e. The second kappa shape index (κ2) is 13.7. The van der Waals surface area contributed by atoms with E-state index in [2.05, 4.69) is 11.6 Å². The molecular weight excluding hydrogens is 536 g/mol. The van der Waals surface area contributed by atoms with Crippen LogP contribution >= 0.6 is 0 Å². The first-order valence-electron chi connectivity index (χ1n) is 12.7. The molecule has 0 atom stereocenters. The average Bonchev–Trinajstić information content (AvgIpc) is 2.94. The normalized spacial score (nSPS) is 14.2. The Bertz CT molecular complexity index is 1210. The SMILES string of the molecule is C=Cc1cnc(Oc2cc(C(=O)OC)c(N(C(=O)C3CCCCC3)C(COC)COC)cc2F)c(C(F)(F)F)c1. The first-order chi connectivity index (χ1) is 19.0. The van der Waals surface area contributed by atoms with Crippen LogP contribution in [0, 0.1) is 11.7 Å². The first-order valence-corrected chi connectivity index (χ1v) is 12.7. The van der Waals surface area contributed by atoms with Crippen LogP contribution in [0.1, 0.15) is 53.6 Å². The number of aromatic nitrogens is 1. The van der Waals surface area contributed by atoms with Gasteiger partial charge in [-0.3, -0.25) is 4.79 Å². The Morgan fingerprint density at radius 1 is 1.10 bits per heavy atom. The maximum atomic E-state index is 15.6. The number of ether oxygens (including phenoxy) is 4. The van der Waals surface area contributed by atoms with Crippen LogP contribution in [-0.2, 0) is 25.2 Å². The van der Waals surface area contributed by atoms with E-state index in [1.807, 2.05) is 0 Å². The third-order valence-electron chi connectivity index (χ3n) is 6.61. The molecule has 0 N–H and O–H groups in total. The van der Waals surface area contributed by atoms with Crippen molar-refractivity contribution < 1.29 is 46.1 Å². The van der Waals surface area contributed by atoms with E-state index in [1.54, 1.807) is 0 Å². The number of alkyl halides is 3. The quantitative estimate of drug-likeness (QED) is 0.241. The molecule has 0 aliphatic heterocycles. The molecule has 8 nitrogen and oxygen atoms in total. The maximum Gasteiger partial charge on any atom is 0.421 e. The number of nitrogens with zero attached hydrogens (tertiary/aromatic N) is 2. The summed E-state index contributed by atoms with van der Waals surface area (Å²) < 4.78 is 77.4. The van der Waals surface area contributed by atoms with Crippen LogP contribution in [0.25, 0.3) is 6.08 Å². The van der Waals surface area contributed by atoms with Gasteiger partial charge < -0.3 is 23.8 Å². The standard InChI is InChI=1S/C28H32F4N2O6/c1-5-17-11-21(28(30,31)32)25(33-14-17)40-24-12-20(27(36)39-4)23(13-22(24)29)34(19(15-37-2)16-38-3)26(35)18-9-7-6-8-10-18/h5,11-14,18-19H,1,6-10,15-16H2,2-4H3. The molecule has 218 valence electrons. The lowest BCUT2D eigenvalue weighted by atomic mass is 9.87. The van der Waals surface area contributed by atoms with E-state index in [1.165, 1.54) is 25.2 Å². The van der Waals surface area contributed by atoms with E-state index in [-0.39, 0.29) is 41.9 Å². The molecule has 3 rings (SSSR count). The highest BCUT2D eigenvalue weighted by molar-refractivity contribution is 6.04. The topological polar surface area (TPSA) is 87.2 Å². The second-order valence-corrected chi connectivity index (χ2v) is 9.32. The molecular formula is C28H32F4N2O6. The maximum absolute atomic E-state index is 15.6. The number of halogens is 4. The lowest BCUT2D eigenvalue weighted by Gasteiger charge is -2.36. The zero-order valence-corrected chi connectivity index (χ0v) is 22.6. The zero-order valence-electron chi connectivity index (χ0n) is 22.6. The van der Waals surface area contributed by atoms with Gasteiger partial charge in [0, 0.05) is 38.5 Å². The van der Waals surface area contributed by atoms with E-state index >= 15 is 4.39 Å². The Morgan fingerprint density at radius 2 is 1.75 bits per heavy atom. The summed E-state index contributed by atoms with van der Waals surface area (Å²) in [6.45, 7) is 3.43. The summed E-state index contributed by atoms with van der Waals surface area (Å²) in [6, 6.07) is 1.78. The van der Waals surface area contributed by atoms with Crippen LogP contribution in [0.2, 0.25) is 0 Å². The number of pyridine rings is 1. The molecule has 1 fully saturated rings. The van der Waals surface area contributed by atoms with Crippen molar-refractivity contribution in [3.05, 3.63) is 53.5 Å². The molecule has 1 heterocycles. The van der Waals surface area contributed by atoms with Gasteiger partial charge in [0.15, 0.2) is 11.6 Å². The van der Waals surface area contributed by atoms with Crippen molar-refractivity contribution in [1.82, 2.24) is 4.98 Å². The summed E-state index contributed by atoms with van der Waals surface area (Å²) >= 11 is 0. The molecule has 1 aliphatic carbocycles. The van der Waals surface area contributed by atoms with E-state index < -0.39 is 41.2 Å². The highest BCUT2D eigenvalue weighted by Crippen LogP contribution is 2.40. The number of amides is 1. The van der Waals surface area contributed by atoms with Crippen molar-refractivity contribution in [3.8, 4) is 11.6 Å². The van der Waals surface area contributed by atoms with Crippen LogP contribution in [0.15, 0.2) is 31.0 Å². The number of methoxy groups -OCH3 is 3. The first kappa shape index (κ1) is 31.0. The highest BCUT2D eigenvalue weighted by Gasteiger charge is 2.38. The van der Waals surface area contributed by atoms with Crippen molar-refractivity contribution in [2.75, 3.05) is 39.4 Å². The van der Waals surface area contributed by atoms with Crippen LogP contribution in [0.4, 0.5) is 23.2 Å². The minimum atomic E-state index is -4.88. The van der Waals surface area contributed by atoms with Gasteiger partial charge in [-0.05, 0) is 24.5 Å². The summed E-state index contributed by atoms with van der Waals surface area (Å²) in [6.07, 6.45) is 1.28. The third-order valence-corrected chi connectivity index (χ3v) is 6.61. The number of benzene rings is 1. The van der Waals surface area contributed by atoms with E-state index in [0.717, 1.165) is 50.8 Å². The van der Waals surface area contributed by atoms with Gasteiger partial charge in [0.1, 0.15) is 5.56 Å². The molecule has 0 spiro atoms. The van der Waals surface area contributed by atoms with Gasteiger partial charge in [-0.1, -0.05) is 31.9 Å². The fourth-order valence-corrected chi connectivity index (χ4v) is 4.69. The van der Waals surface area contributed by atoms with Crippen LogP contribution in [0.5, 0.6) is 11.6 Å². The predicted octanol–water partition coefficient (Wildman–Crippen LogP) is 6.04. The van der Waals surface area contributed by atoms with E-state index in [4.69, 9.17) is 18.9 Å². The molecule has 0 bridgehead atoms.